The predicted molar refractivity (Wildman–Crippen MR) is 104 cm³/mol. The molecule has 0 radical (unpaired) electrons. The van der Waals surface area contributed by atoms with Crippen LogP contribution in [-0.4, -0.2) is 66.9 Å². The highest BCUT2D eigenvalue weighted by molar-refractivity contribution is 6.30. The van der Waals surface area contributed by atoms with E-state index in [-0.39, 0.29) is 23.9 Å². The standard InChI is InChI=1S/C19H29ClN4O2/c1-14(2)22-18(25)13-23-8-10-24(11-9-23)19(26)12-21-15(3)16-4-6-17(20)7-5-16/h4-7,14-15,21H,8-13H2,1-3H3,(H,22,25)/t15-/m0/s1. The number of carbonyl (C=O) groups is 2. The van der Waals surface area contributed by atoms with Crippen molar-refractivity contribution in [1.29, 1.82) is 0 Å². The Labute approximate surface area is 160 Å². The van der Waals surface area contributed by atoms with Crippen molar-refractivity contribution in [2.45, 2.75) is 32.9 Å². The minimum Gasteiger partial charge on any atom is -0.353 e. The fraction of sp³-hybridized carbons (Fsp3) is 0.579. The van der Waals surface area contributed by atoms with Gasteiger partial charge < -0.3 is 15.5 Å². The normalized spacial score (nSPS) is 16.6. The van der Waals surface area contributed by atoms with Crippen LogP contribution >= 0.6 is 11.6 Å². The molecule has 1 aliphatic heterocycles. The predicted octanol–water partition coefficient (Wildman–Crippen LogP) is 1.66. The van der Waals surface area contributed by atoms with Crippen molar-refractivity contribution in [3.8, 4) is 0 Å². The molecular formula is C19H29ClN4O2. The Hall–Kier alpha value is -1.63. The van der Waals surface area contributed by atoms with Gasteiger partial charge in [0, 0.05) is 43.3 Å². The number of rotatable bonds is 7. The minimum atomic E-state index is 0.0400. The second-order valence-electron chi connectivity index (χ2n) is 7.03. The van der Waals surface area contributed by atoms with Crippen LogP contribution in [0.2, 0.25) is 5.02 Å². The second kappa shape index (κ2) is 9.90. The van der Waals surface area contributed by atoms with Crippen molar-refractivity contribution in [1.82, 2.24) is 20.4 Å². The summed E-state index contributed by atoms with van der Waals surface area (Å²) in [6.07, 6.45) is 0. The van der Waals surface area contributed by atoms with Crippen LogP contribution in [0.3, 0.4) is 0 Å². The van der Waals surface area contributed by atoms with Gasteiger partial charge in [-0.15, -0.1) is 0 Å². The van der Waals surface area contributed by atoms with Gasteiger partial charge in [-0.05, 0) is 38.5 Å². The Bertz CT molecular complexity index is 598. The van der Waals surface area contributed by atoms with E-state index in [9.17, 15) is 9.59 Å². The summed E-state index contributed by atoms with van der Waals surface area (Å²) in [6.45, 7) is 9.40. The van der Waals surface area contributed by atoms with Crippen molar-refractivity contribution in [3.05, 3.63) is 34.9 Å². The van der Waals surface area contributed by atoms with Gasteiger partial charge in [0.2, 0.25) is 11.8 Å². The fourth-order valence-electron chi connectivity index (χ4n) is 2.95. The Morgan fingerprint density at radius 1 is 1.08 bits per heavy atom. The zero-order valence-corrected chi connectivity index (χ0v) is 16.6. The van der Waals surface area contributed by atoms with E-state index in [0.29, 0.717) is 31.2 Å². The van der Waals surface area contributed by atoms with Crippen LogP contribution < -0.4 is 10.6 Å². The summed E-state index contributed by atoms with van der Waals surface area (Å²) in [5, 5.41) is 6.87. The topological polar surface area (TPSA) is 64.7 Å². The third-order valence-corrected chi connectivity index (χ3v) is 4.72. The molecule has 1 aliphatic rings. The summed E-state index contributed by atoms with van der Waals surface area (Å²) < 4.78 is 0. The lowest BCUT2D eigenvalue weighted by atomic mass is 10.1. The Morgan fingerprint density at radius 3 is 2.27 bits per heavy atom. The van der Waals surface area contributed by atoms with Crippen molar-refractivity contribution < 1.29 is 9.59 Å². The second-order valence-corrected chi connectivity index (χ2v) is 7.47. The summed E-state index contributed by atoms with van der Waals surface area (Å²) in [5.41, 5.74) is 1.10. The van der Waals surface area contributed by atoms with E-state index in [1.807, 2.05) is 49.9 Å². The van der Waals surface area contributed by atoms with Crippen molar-refractivity contribution in [3.63, 3.8) is 0 Å². The van der Waals surface area contributed by atoms with Gasteiger partial charge >= 0.3 is 0 Å². The zero-order valence-electron chi connectivity index (χ0n) is 15.8. The number of hydrogen-bond acceptors (Lipinski definition) is 4. The number of hydrogen-bond donors (Lipinski definition) is 2. The van der Waals surface area contributed by atoms with Crippen molar-refractivity contribution in [2.75, 3.05) is 39.3 Å². The van der Waals surface area contributed by atoms with Crippen LogP contribution in [0.25, 0.3) is 0 Å². The molecule has 2 amide bonds. The van der Waals surface area contributed by atoms with Crippen LogP contribution in [0.5, 0.6) is 0 Å². The average molecular weight is 381 g/mol. The Balaban J connectivity index is 1.71. The molecule has 0 bridgehead atoms. The van der Waals surface area contributed by atoms with E-state index in [1.165, 1.54) is 0 Å². The summed E-state index contributed by atoms with van der Waals surface area (Å²) in [6, 6.07) is 7.87. The third-order valence-electron chi connectivity index (χ3n) is 4.47. The molecule has 1 aromatic carbocycles. The molecule has 0 saturated carbocycles. The molecule has 1 saturated heterocycles. The SMILES string of the molecule is CC(C)NC(=O)CN1CCN(C(=O)CN[C@@H](C)c2ccc(Cl)cc2)CC1. The number of amides is 2. The highest BCUT2D eigenvalue weighted by Gasteiger charge is 2.22. The van der Waals surface area contributed by atoms with Gasteiger partial charge in [-0.3, -0.25) is 14.5 Å². The highest BCUT2D eigenvalue weighted by Crippen LogP contribution is 2.15. The highest BCUT2D eigenvalue weighted by atomic mass is 35.5. The van der Waals surface area contributed by atoms with E-state index in [2.05, 4.69) is 15.5 Å². The fourth-order valence-corrected chi connectivity index (χ4v) is 3.07. The molecule has 7 heteroatoms. The summed E-state index contributed by atoms with van der Waals surface area (Å²) in [4.78, 5) is 28.2. The zero-order chi connectivity index (χ0) is 19.1. The Kier molecular flexibility index (Phi) is 7.87. The van der Waals surface area contributed by atoms with Gasteiger partial charge in [-0.2, -0.15) is 0 Å². The first-order chi connectivity index (χ1) is 12.3. The van der Waals surface area contributed by atoms with E-state index >= 15 is 0 Å². The smallest absolute Gasteiger partial charge is 0.236 e. The maximum Gasteiger partial charge on any atom is 0.236 e. The van der Waals surface area contributed by atoms with Crippen LogP contribution in [0.4, 0.5) is 0 Å². The molecule has 2 rings (SSSR count). The number of benzene rings is 1. The quantitative estimate of drug-likeness (QED) is 0.755. The third kappa shape index (κ3) is 6.59. The van der Waals surface area contributed by atoms with Gasteiger partial charge in [0.05, 0.1) is 13.1 Å². The molecule has 1 heterocycles. The van der Waals surface area contributed by atoms with Crippen molar-refractivity contribution >= 4 is 23.4 Å². The molecule has 0 aliphatic carbocycles. The minimum absolute atomic E-state index is 0.0400. The molecule has 0 unspecified atom stereocenters. The van der Waals surface area contributed by atoms with E-state index in [0.717, 1.165) is 18.7 Å². The van der Waals surface area contributed by atoms with Gasteiger partial charge in [0.15, 0.2) is 0 Å². The van der Waals surface area contributed by atoms with Crippen LogP contribution in [0, 0.1) is 0 Å². The molecule has 1 fully saturated rings. The van der Waals surface area contributed by atoms with Gasteiger partial charge in [0.25, 0.3) is 0 Å². The number of carbonyl (C=O) groups excluding carboxylic acids is 2. The first kappa shape index (κ1) is 20.7. The number of nitrogens with zero attached hydrogens (tertiary/aromatic N) is 2. The maximum atomic E-state index is 12.4. The van der Waals surface area contributed by atoms with Crippen LogP contribution in [-0.2, 0) is 9.59 Å². The lowest BCUT2D eigenvalue weighted by Gasteiger charge is -2.34. The molecule has 6 nitrogen and oxygen atoms in total. The lowest BCUT2D eigenvalue weighted by molar-refractivity contribution is -0.132. The number of halogens is 1. The van der Waals surface area contributed by atoms with Gasteiger partial charge in [-0.25, -0.2) is 0 Å². The molecule has 26 heavy (non-hydrogen) atoms. The molecule has 1 aromatic rings. The lowest BCUT2D eigenvalue weighted by Crippen LogP contribution is -2.53. The summed E-state index contributed by atoms with van der Waals surface area (Å²) in [7, 11) is 0. The van der Waals surface area contributed by atoms with E-state index < -0.39 is 0 Å². The van der Waals surface area contributed by atoms with Gasteiger partial charge in [-0.1, -0.05) is 23.7 Å². The van der Waals surface area contributed by atoms with E-state index in [4.69, 9.17) is 11.6 Å². The molecule has 0 spiro atoms. The monoisotopic (exact) mass is 380 g/mol. The first-order valence-electron chi connectivity index (χ1n) is 9.13. The Morgan fingerprint density at radius 2 is 1.69 bits per heavy atom. The van der Waals surface area contributed by atoms with Crippen molar-refractivity contribution in [2.24, 2.45) is 0 Å². The maximum absolute atomic E-state index is 12.4. The molecule has 0 aromatic heterocycles. The largest absolute Gasteiger partial charge is 0.353 e. The van der Waals surface area contributed by atoms with Crippen LogP contribution in [0.1, 0.15) is 32.4 Å². The van der Waals surface area contributed by atoms with Gasteiger partial charge in [0.1, 0.15) is 0 Å². The number of nitrogens with one attached hydrogen (secondary N) is 2. The van der Waals surface area contributed by atoms with Crippen LogP contribution in [0.15, 0.2) is 24.3 Å². The molecule has 1 atom stereocenters. The average Bonchev–Trinajstić information content (AvgIpc) is 2.60. The molecular weight excluding hydrogens is 352 g/mol. The first-order valence-corrected chi connectivity index (χ1v) is 9.51. The molecule has 2 N–H and O–H groups in total. The summed E-state index contributed by atoms with van der Waals surface area (Å²) >= 11 is 5.90. The number of piperazine rings is 1. The van der Waals surface area contributed by atoms with E-state index in [1.54, 1.807) is 0 Å². The summed E-state index contributed by atoms with van der Waals surface area (Å²) in [5.74, 6) is 0.135. The molecule has 144 valence electrons.